The van der Waals surface area contributed by atoms with Crippen molar-refractivity contribution in [2.24, 2.45) is 5.73 Å². The van der Waals surface area contributed by atoms with Crippen molar-refractivity contribution >= 4 is 0 Å². The van der Waals surface area contributed by atoms with Crippen LogP contribution in [0, 0.1) is 5.82 Å². The average Bonchev–Trinajstić information content (AvgIpc) is 2.93. The van der Waals surface area contributed by atoms with Gasteiger partial charge in [0.1, 0.15) is 5.82 Å². The van der Waals surface area contributed by atoms with E-state index in [2.05, 4.69) is 22.0 Å². The van der Waals surface area contributed by atoms with Gasteiger partial charge in [0.25, 0.3) is 0 Å². The van der Waals surface area contributed by atoms with E-state index in [1.807, 2.05) is 6.07 Å². The van der Waals surface area contributed by atoms with Crippen LogP contribution in [-0.4, -0.2) is 28.1 Å². The van der Waals surface area contributed by atoms with E-state index in [1.54, 1.807) is 12.1 Å². The lowest BCUT2D eigenvalue weighted by Crippen LogP contribution is -2.27. The largest absolute Gasteiger partial charge is 0.338 e. The maximum absolute atomic E-state index is 13.2. The minimum Gasteiger partial charge on any atom is -0.338 e. The molecule has 1 aromatic carbocycles. The molecule has 1 heterocycles. The van der Waals surface area contributed by atoms with Gasteiger partial charge < -0.3 is 10.3 Å². The third-order valence-electron chi connectivity index (χ3n) is 3.20. The van der Waals surface area contributed by atoms with Crippen LogP contribution in [0.5, 0.6) is 0 Å². The average molecular weight is 292 g/mol. The van der Waals surface area contributed by atoms with Crippen LogP contribution in [-0.2, 0) is 19.5 Å². The van der Waals surface area contributed by atoms with Crippen LogP contribution in [0.25, 0.3) is 0 Å². The minimum atomic E-state index is -0.194. The molecule has 2 rings (SSSR count). The van der Waals surface area contributed by atoms with Crippen LogP contribution >= 0.6 is 0 Å². The summed E-state index contributed by atoms with van der Waals surface area (Å²) in [5.74, 6) is 0.898. The Morgan fingerprint density at radius 3 is 2.86 bits per heavy atom. The van der Waals surface area contributed by atoms with E-state index in [0.717, 1.165) is 31.5 Å². The molecule has 0 spiro atoms. The Bertz CT molecular complexity index is 558. The molecular weight excluding hydrogens is 271 g/mol. The highest BCUT2D eigenvalue weighted by Gasteiger charge is 2.11. The summed E-state index contributed by atoms with van der Waals surface area (Å²) in [6.07, 6.45) is 1.82. The lowest BCUT2D eigenvalue weighted by molar-refractivity contribution is 0.257. The third kappa shape index (κ3) is 4.91. The number of hydrogen-bond donors (Lipinski definition) is 1. The molecule has 0 aliphatic rings. The van der Waals surface area contributed by atoms with Gasteiger partial charge in [-0.3, -0.25) is 4.90 Å². The summed E-state index contributed by atoms with van der Waals surface area (Å²) in [5, 5.41) is 3.91. The molecule has 6 heteroatoms. The number of rotatable bonds is 8. The standard InChI is InChI=1S/C15H21FN4O/c1-2-7-20(11-14-18-15(10-17)21-19-14)8-6-12-4-3-5-13(16)9-12/h3-5,9H,2,6-8,10-11,17H2,1H3. The van der Waals surface area contributed by atoms with Crippen molar-refractivity contribution in [3.05, 3.63) is 47.4 Å². The van der Waals surface area contributed by atoms with Crippen LogP contribution < -0.4 is 5.73 Å². The van der Waals surface area contributed by atoms with Gasteiger partial charge in [-0.25, -0.2) is 4.39 Å². The fourth-order valence-electron chi connectivity index (χ4n) is 2.20. The molecule has 0 saturated carbocycles. The van der Waals surface area contributed by atoms with Crippen molar-refractivity contribution in [3.63, 3.8) is 0 Å². The first-order valence-electron chi connectivity index (χ1n) is 7.19. The highest BCUT2D eigenvalue weighted by Crippen LogP contribution is 2.08. The summed E-state index contributed by atoms with van der Waals surface area (Å²) >= 11 is 0. The Kier molecular flexibility index (Phi) is 5.83. The third-order valence-corrected chi connectivity index (χ3v) is 3.20. The molecule has 0 saturated heterocycles. The zero-order valence-corrected chi connectivity index (χ0v) is 12.3. The van der Waals surface area contributed by atoms with Crippen molar-refractivity contribution in [2.45, 2.75) is 32.9 Å². The molecule has 0 fully saturated rings. The summed E-state index contributed by atoms with van der Waals surface area (Å²) in [5.41, 5.74) is 6.45. The van der Waals surface area contributed by atoms with Crippen LogP contribution in [0.2, 0.25) is 0 Å². The lowest BCUT2D eigenvalue weighted by Gasteiger charge is -2.19. The predicted molar refractivity (Wildman–Crippen MR) is 77.9 cm³/mol. The molecule has 2 aromatic rings. The molecule has 1 aromatic heterocycles. The zero-order chi connectivity index (χ0) is 15.1. The quantitative estimate of drug-likeness (QED) is 0.807. The van der Waals surface area contributed by atoms with Gasteiger partial charge in [-0.1, -0.05) is 24.2 Å². The van der Waals surface area contributed by atoms with Crippen LogP contribution in [0.3, 0.4) is 0 Å². The Labute approximate surface area is 123 Å². The van der Waals surface area contributed by atoms with E-state index in [1.165, 1.54) is 6.07 Å². The number of nitrogens with zero attached hydrogens (tertiary/aromatic N) is 3. The van der Waals surface area contributed by atoms with E-state index in [-0.39, 0.29) is 12.4 Å². The second-order valence-electron chi connectivity index (χ2n) is 4.96. The normalized spacial score (nSPS) is 11.2. The molecule has 0 amide bonds. The monoisotopic (exact) mass is 292 g/mol. The Morgan fingerprint density at radius 2 is 2.19 bits per heavy atom. The lowest BCUT2D eigenvalue weighted by atomic mass is 10.1. The molecule has 0 unspecified atom stereocenters. The Morgan fingerprint density at radius 1 is 1.33 bits per heavy atom. The van der Waals surface area contributed by atoms with E-state index < -0.39 is 0 Å². The van der Waals surface area contributed by atoms with Gasteiger partial charge in [0.2, 0.25) is 5.89 Å². The second kappa shape index (κ2) is 7.85. The minimum absolute atomic E-state index is 0.194. The van der Waals surface area contributed by atoms with E-state index >= 15 is 0 Å². The van der Waals surface area contributed by atoms with E-state index in [4.69, 9.17) is 10.3 Å². The molecule has 0 aliphatic carbocycles. The fourth-order valence-corrected chi connectivity index (χ4v) is 2.20. The van der Waals surface area contributed by atoms with Crippen molar-refractivity contribution in [1.82, 2.24) is 15.0 Å². The van der Waals surface area contributed by atoms with Crippen molar-refractivity contribution in [3.8, 4) is 0 Å². The first-order chi connectivity index (χ1) is 10.2. The van der Waals surface area contributed by atoms with Gasteiger partial charge in [-0.05, 0) is 37.1 Å². The Hall–Kier alpha value is -1.79. The van der Waals surface area contributed by atoms with Gasteiger partial charge in [-0.2, -0.15) is 4.98 Å². The maximum Gasteiger partial charge on any atom is 0.240 e. The predicted octanol–water partition coefficient (Wildman–Crippen LogP) is 2.12. The molecule has 2 N–H and O–H groups in total. The first-order valence-corrected chi connectivity index (χ1v) is 7.19. The maximum atomic E-state index is 13.2. The molecule has 0 bridgehead atoms. The summed E-state index contributed by atoms with van der Waals surface area (Å²) in [6, 6.07) is 6.71. The molecule has 5 nitrogen and oxygen atoms in total. The zero-order valence-electron chi connectivity index (χ0n) is 12.3. The van der Waals surface area contributed by atoms with Crippen LogP contribution in [0.4, 0.5) is 4.39 Å². The number of halogens is 1. The Balaban J connectivity index is 1.92. The van der Waals surface area contributed by atoms with Gasteiger partial charge in [0, 0.05) is 6.54 Å². The topological polar surface area (TPSA) is 68.2 Å². The molecule has 21 heavy (non-hydrogen) atoms. The summed E-state index contributed by atoms with van der Waals surface area (Å²) in [6.45, 7) is 4.75. The molecular formula is C15H21FN4O. The van der Waals surface area contributed by atoms with Gasteiger partial charge in [-0.15, -0.1) is 0 Å². The molecule has 114 valence electrons. The first kappa shape index (κ1) is 15.6. The van der Waals surface area contributed by atoms with E-state index in [9.17, 15) is 4.39 Å². The van der Waals surface area contributed by atoms with Crippen LogP contribution in [0.15, 0.2) is 28.8 Å². The summed E-state index contributed by atoms with van der Waals surface area (Å²) in [4.78, 5) is 6.45. The highest BCUT2D eigenvalue weighted by molar-refractivity contribution is 5.16. The molecule has 0 aliphatic heterocycles. The molecule has 0 atom stereocenters. The number of hydrogen-bond acceptors (Lipinski definition) is 5. The van der Waals surface area contributed by atoms with Gasteiger partial charge in [0.15, 0.2) is 5.82 Å². The molecule has 0 radical (unpaired) electrons. The van der Waals surface area contributed by atoms with Crippen LogP contribution in [0.1, 0.15) is 30.6 Å². The van der Waals surface area contributed by atoms with Gasteiger partial charge in [0.05, 0.1) is 13.1 Å². The summed E-state index contributed by atoms with van der Waals surface area (Å²) < 4.78 is 18.2. The van der Waals surface area contributed by atoms with Crippen molar-refractivity contribution in [2.75, 3.05) is 13.1 Å². The highest BCUT2D eigenvalue weighted by atomic mass is 19.1. The summed E-state index contributed by atoms with van der Waals surface area (Å²) in [7, 11) is 0. The van der Waals surface area contributed by atoms with Crippen molar-refractivity contribution in [1.29, 1.82) is 0 Å². The number of benzene rings is 1. The van der Waals surface area contributed by atoms with Gasteiger partial charge >= 0.3 is 0 Å². The number of aromatic nitrogens is 2. The second-order valence-corrected chi connectivity index (χ2v) is 4.96. The smallest absolute Gasteiger partial charge is 0.240 e. The van der Waals surface area contributed by atoms with E-state index in [0.29, 0.717) is 18.3 Å². The number of nitrogens with two attached hydrogens (primary N) is 1. The fraction of sp³-hybridized carbons (Fsp3) is 0.467. The SMILES string of the molecule is CCCN(CCc1cccc(F)c1)Cc1noc(CN)n1. The van der Waals surface area contributed by atoms with Crippen molar-refractivity contribution < 1.29 is 8.91 Å².